The van der Waals surface area contributed by atoms with E-state index in [9.17, 15) is 19.2 Å². The van der Waals surface area contributed by atoms with Gasteiger partial charge in [-0.1, -0.05) is 37.4 Å². The molecule has 98 heavy (non-hydrogen) atoms. The van der Waals surface area contributed by atoms with E-state index in [0.717, 1.165) is 54.3 Å². The maximum absolute atomic E-state index is 16.2. The zero-order valence-electron chi connectivity index (χ0n) is 57.1. The largest absolute Gasteiger partial charge is 0.457 e. The number of benzene rings is 9. The highest BCUT2D eigenvalue weighted by Gasteiger charge is 2.46. The Morgan fingerprint density at radius 2 is 0.592 bits per heavy atom. The first-order valence-electron chi connectivity index (χ1n) is 32.3. The summed E-state index contributed by atoms with van der Waals surface area (Å²) in [5, 5.41) is 12.9. The molecule has 0 saturated carbocycles. The summed E-state index contributed by atoms with van der Waals surface area (Å²) < 4.78 is 40.1. The summed E-state index contributed by atoms with van der Waals surface area (Å²) in [6.07, 6.45) is -0.268. The van der Waals surface area contributed by atoms with E-state index in [1.165, 1.54) is 14.2 Å². The van der Waals surface area contributed by atoms with Gasteiger partial charge in [0, 0.05) is 121 Å². The van der Waals surface area contributed by atoms with Crippen molar-refractivity contribution in [2.45, 2.75) is 94.2 Å². The molecular formula is C78H78N6O14. The molecule has 11 rings (SSSR count). The number of nitrogens with zero attached hydrogens (tertiary/aromatic N) is 2. The fourth-order valence-corrected chi connectivity index (χ4v) is 13.4. The van der Waals surface area contributed by atoms with Crippen LogP contribution in [0.5, 0.6) is 46.0 Å². The summed E-state index contributed by atoms with van der Waals surface area (Å²) in [6.45, 7) is 25.6. The van der Waals surface area contributed by atoms with Gasteiger partial charge in [-0.3, -0.25) is 48.2 Å². The van der Waals surface area contributed by atoms with E-state index in [-0.39, 0.29) is 152 Å². The number of carbonyl (C=O) groups excluding carboxylic acids is 8. The number of methoxy groups -OCH3 is 2. The van der Waals surface area contributed by atoms with Gasteiger partial charge >= 0.3 is 0 Å². The minimum Gasteiger partial charge on any atom is -0.457 e. The van der Waals surface area contributed by atoms with Crippen molar-refractivity contribution >= 4 is 90.3 Å². The fourth-order valence-electron chi connectivity index (χ4n) is 13.4. The number of hydrogen-bond acceptors (Lipinski definition) is 14. The molecule has 2 atom stereocenters. The van der Waals surface area contributed by atoms with Gasteiger partial charge in [0.05, 0.1) is 22.3 Å². The number of imide groups is 2. The first-order valence-corrected chi connectivity index (χ1v) is 32.3. The van der Waals surface area contributed by atoms with Crippen molar-refractivity contribution in [2.24, 2.45) is 0 Å². The number of fused-ring (bicyclic) bond motifs is 2. The van der Waals surface area contributed by atoms with Crippen molar-refractivity contribution in [3.05, 3.63) is 188 Å². The summed E-state index contributed by atoms with van der Waals surface area (Å²) in [5.41, 5.74) is 7.09. The van der Waals surface area contributed by atoms with E-state index in [2.05, 4.69) is 34.4 Å². The molecule has 9 aromatic carbocycles. The van der Waals surface area contributed by atoms with Crippen molar-refractivity contribution < 1.29 is 66.8 Å². The molecule has 0 fully saturated rings. The normalized spacial score (nSPS) is 13.3. The molecule has 0 radical (unpaired) electrons. The molecule has 0 aromatic heterocycles. The van der Waals surface area contributed by atoms with Crippen LogP contribution in [0.1, 0.15) is 113 Å². The van der Waals surface area contributed by atoms with Crippen molar-refractivity contribution in [1.29, 1.82) is 0 Å². The van der Waals surface area contributed by atoms with Gasteiger partial charge in [-0.25, -0.2) is 0 Å². The molecule has 9 aromatic rings. The van der Waals surface area contributed by atoms with E-state index < -0.39 is 59.3 Å². The minimum absolute atomic E-state index is 0.0101. The monoisotopic (exact) mass is 1320 g/mol. The van der Waals surface area contributed by atoms with Gasteiger partial charge in [0.1, 0.15) is 58.1 Å². The second kappa shape index (κ2) is 28.0. The number of amides is 8. The number of hydrogen-bond donors (Lipinski definition) is 4. The van der Waals surface area contributed by atoms with Gasteiger partial charge in [0.15, 0.2) is 0 Å². The van der Waals surface area contributed by atoms with Crippen LogP contribution in [0.3, 0.4) is 0 Å². The van der Waals surface area contributed by atoms with Crippen LogP contribution in [0.4, 0.5) is 0 Å². The molecule has 20 heteroatoms. The summed E-state index contributed by atoms with van der Waals surface area (Å²) >= 11 is 0. The molecular weight excluding hydrogens is 1240 g/mol. The van der Waals surface area contributed by atoms with Gasteiger partial charge in [-0.2, -0.15) is 0 Å². The lowest BCUT2D eigenvalue weighted by atomic mass is 9.80. The van der Waals surface area contributed by atoms with Gasteiger partial charge in [-0.05, 0) is 187 Å². The van der Waals surface area contributed by atoms with Crippen LogP contribution < -0.4 is 40.2 Å². The lowest BCUT2D eigenvalue weighted by molar-refractivity contribution is -0.126. The third-order valence-corrected chi connectivity index (χ3v) is 17.3. The van der Waals surface area contributed by atoms with Gasteiger partial charge in [0.2, 0.25) is 23.6 Å². The molecule has 0 spiro atoms. The number of rotatable bonds is 26. The van der Waals surface area contributed by atoms with Crippen LogP contribution in [-0.4, -0.2) is 123 Å². The maximum atomic E-state index is 16.2. The number of ether oxygens (including phenoxy) is 6. The predicted molar refractivity (Wildman–Crippen MR) is 375 cm³/mol. The van der Waals surface area contributed by atoms with Gasteiger partial charge < -0.3 is 49.7 Å². The summed E-state index contributed by atoms with van der Waals surface area (Å²) in [7, 11) is 2.88. The Morgan fingerprint density at radius 3 is 0.816 bits per heavy atom. The third kappa shape index (κ3) is 13.5. The van der Waals surface area contributed by atoms with E-state index in [1.807, 2.05) is 128 Å². The highest BCUT2D eigenvalue weighted by atomic mass is 16.5. The molecule has 2 aliphatic heterocycles. The molecule has 8 amide bonds. The SMILES string of the molecule is C=C(C)C(=O)NCCNC(=O)C(CCOC)N1C(=O)c2cc(Oc3cc(C)cc(C)c3)c3c4c(Oc5cc(C)cc(C)c5)cc5c6c(cc(Oc7cc(C)cc(C)c7)c(c7c(Oc8cc(C)cc(C)c8)cc(c2c37)C1=O)c64)C(=O)N(C(CCOC)C(=O)NCCNC(=O)C(=C)C)C5=O. The molecule has 2 aliphatic rings. The van der Waals surface area contributed by atoms with Crippen LogP contribution in [0.15, 0.2) is 121 Å². The molecule has 0 saturated heterocycles. The van der Waals surface area contributed by atoms with Crippen molar-refractivity contribution in [3.8, 4) is 46.0 Å². The van der Waals surface area contributed by atoms with Crippen LogP contribution >= 0.6 is 0 Å². The van der Waals surface area contributed by atoms with Gasteiger partial charge in [-0.15, -0.1) is 0 Å². The minimum atomic E-state index is -1.47. The van der Waals surface area contributed by atoms with Crippen molar-refractivity contribution in [2.75, 3.05) is 53.6 Å². The molecule has 2 unspecified atom stereocenters. The van der Waals surface area contributed by atoms with E-state index in [4.69, 9.17) is 28.4 Å². The Morgan fingerprint density at radius 1 is 0.357 bits per heavy atom. The van der Waals surface area contributed by atoms with E-state index in [1.54, 1.807) is 38.1 Å². The maximum Gasteiger partial charge on any atom is 0.262 e. The highest BCUT2D eigenvalue weighted by molar-refractivity contribution is 6.45. The van der Waals surface area contributed by atoms with E-state index >= 15 is 19.2 Å². The Kier molecular flexibility index (Phi) is 19.6. The van der Waals surface area contributed by atoms with Gasteiger partial charge in [0.25, 0.3) is 23.6 Å². The van der Waals surface area contributed by atoms with Crippen LogP contribution in [0, 0.1) is 55.4 Å². The number of carbonyl (C=O) groups is 8. The Labute approximate surface area is 567 Å². The smallest absolute Gasteiger partial charge is 0.262 e. The molecule has 4 N–H and O–H groups in total. The number of nitrogens with one attached hydrogen (secondary N) is 4. The third-order valence-electron chi connectivity index (χ3n) is 17.3. The predicted octanol–water partition coefficient (Wildman–Crippen LogP) is 13.0. The summed E-state index contributed by atoms with van der Waals surface area (Å²) in [6, 6.07) is 25.8. The number of aryl methyl sites for hydroxylation is 8. The average Bonchev–Trinajstić information content (AvgIpc) is 0.672. The zero-order chi connectivity index (χ0) is 70.3. The quantitative estimate of drug-likeness (QED) is 0.0130. The molecule has 0 bridgehead atoms. The standard InChI is InChI=1S/C78H78N6O14/c1-39(2)71(85)79-17-19-81-73(87)57(15-21-93-13)83-75(89)53-35-59(95-49-27-41(5)23-42(6)28-49)65-67-61(97-51-31-45(9)25-46(10)32-51)37-55-64-56(78(92)84(77(55)91)58(16-22-94-14)74(88)82-20-18-80-72(86)40(3)4)38-62(98-52-33-47(11)26-48(12)34-52)68(70(64)67)66-60(36-54(76(83)90)63(53)69(65)66)96-50-29-43(7)24-44(8)30-50/h23-38,57-58H,1,3,15-22H2,2,4-14H3,(H,79,85)(H,80,86)(H,81,87)(H,82,88). The Bertz CT molecular complexity index is 4260. The molecule has 20 nitrogen and oxygen atoms in total. The second-order valence-corrected chi connectivity index (χ2v) is 25.6. The summed E-state index contributed by atoms with van der Waals surface area (Å²) in [4.78, 5) is 121. The Balaban J connectivity index is 1.30. The lowest BCUT2D eigenvalue weighted by Crippen LogP contribution is -2.54. The average molecular weight is 1320 g/mol. The van der Waals surface area contributed by atoms with Crippen LogP contribution in [-0.2, 0) is 28.7 Å². The van der Waals surface area contributed by atoms with Crippen molar-refractivity contribution in [1.82, 2.24) is 31.1 Å². The van der Waals surface area contributed by atoms with E-state index in [0.29, 0.717) is 23.0 Å². The highest BCUT2D eigenvalue weighted by Crippen LogP contribution is 2.58. The first kappa shape index (κ1) is 68.4. The first-order chi connectivity index (χ1) is 46.7. The molecule has 2 heterocycles. The molecule has 504 valence electrons. The lowest BCUT2D eigenvalue weighted by Gasteiger charge is -2.36. The summed E-state index contributed by atoms with van der Waals surface area (Å²) in [5.74, 6) is -4.01. The second-order valence-electron chi connectivity index (χ2n) is 25.6. The molecule has 0 aliphatic carbocycles. The zero-order valence-corrected chi connectivity index (χ0v) is 57.1. The topological polar surface area (TPSA) is 247 Å². The fraction of sp³-hybridized carbons (Fsp3) is 0.282. The van der Waals surface area contributed by atoms with Crippen LogP contribution in [0.2, 0.25) is 0 Å². The van der Waals surface area contributed by atoms with Crippen LogP contribution in [0.25, 0.3) is 43.1 Å². The Hall–Kier alpha value is -11.0. The van der Waals surface area contributed by atoms with Crippen molar-refractivity contribution in [3.63, 3.8) is 0 Å².